The van der Waals surface area contributed by atoms with Crippen LogP contribution < -0.4 is 11.2 Å². The summed E-state index contributed by atoms with van der Waals surface area (Å²) in [4.78, 5) is 43.9. The van der Waals surface area contributed by atoms with E-state index < -0.39 is 11.2 Å². The Balaban J connectivity index is 2.03. The Bertz CT molecular complexity index is 1090. The fourth-order valence-corrected chi connectivity index (χ4v) is 2.62. The van der Waals surface area contributed by atoms with Crippen LogP contribution in [0.5, 0.6) is 0 Å². The molecule has 140 valence electrons. The van der Waals surface area contributed by atoms with Crippen LogP contribution in [-0.2, 0) is 23.4 Å². The van der Waals surface area contributed by atoms with Gasteiger partial charge in [-0.1, -0.05) is 36.9 Å². The number of nitrogens with zero attached hydrogens (tertiary/aromatic N) is 4. The number of allylic oxidation sites excluding steroid dienone is 1. The van der Waals surface area contributed by atoms with Crippen molar-refractivity contribution in [2.75, 3.05) is 6.61 Å². The number of fused-ring (bicyclic) bond motifs is 1. The molecule has 8 heteroatoms. The van der Waals surface area contributed by atoms with Gasteiger partial charge in [0.1, 0.15) is 5.76 Å². The van der Waals surface area contributed by atoms with E-state index in [1.165, 1.54) is 4.57 Å². The van der Waals surface area contributed by atoms with Gasteiger partial charge in [0.25, 0.3) is 5.56 Å². The van der Waals surface area contributed by atoms with E-state index >= 15 is 0 Å². The van der Waals surface area contributed by atoms with Gasteiger partial charge in [0.15, 0.2) is 11.2 Å². The number of aryl methyl sites for hydroxylation is 1. The highest BCUT2D eigenvalue weighted by Gasteiger charge is 2.15. The second kappa shape index (κ2) is 7.96. The van der Waals surface area contributed by atoms with Crippen LogP contribution in [0.2, 0.25) is 0 Å². The molecule has 27 heavy (non-hydrogen) atoms. The quantitative estimate of drug-likeness (QED) is 0.360. The molecule has 0 fully saturated rings. The molecule has 0 saturated heterocycles. The fourth-order valence-electron chi connectivity index (χ4n) is 2.62. The van der Waals surface area contributed by atoms with E-state index in [1.54, 1.807) is 20.2 Å². The lowest BCUT2D eigenvalue weighted by Gasteiger charge is -2.11. The lowest BCUT2D eigenvalue weighted by atomic mass is 10.2. The molecule has 0 spiro atoms. The van der Waals surface area contributed by atoms with Crippen LogP contribution in [0.3, 0.4) is 0 Å². The van der Waals surface area contributed by atoms with Crippen molar-refractivity contribution in [2.24, 2.45) is 7.05 Å². The molecule has 0 amide bonds. The predicted molar refractivity (Wildman–Crippen MR) is 101 cm³/mol. The SMILES string of the molecule is C=C(CCn1c(=O)c2nc(-c3ccccc3)cnc2n(C)c1=O)OOCC. The summed E-state index contributed by atoms with van der Waals surface area (Å²) in [6, 6.07) is 9.41. The summed E-state index contributed by atoms with van der Waals surface area (Å²) >= 11 is 0. The topological polar surface area (TPSA) is 88.2 Å². The maximum atomic E-state index is 12.9. The molecule has 3 rings (SSSR count). The van der Waals surface area contributed by atoms with Gasteiger partial charge < -0.3 is 4.89 Å². The lowest BCUT2D eigenvalue weighted by Crippen LogP contribution is -2.40. The minimum Gasteiger partial charge on any atom is -0.343 e. The third-order valence-corrected chi connectivity index (χ3v) is 4.01. The average Bonchev–Trinajstić information content (AvgIpc) is 2.70. The molecule has 3 aromatic rings. The zero-order valence-electron chi connectivity index (χ0n) is 15.2. The van der Waals surface area contributed by atoms with Gasteiger partial charge in [-0.05, 0) is 6.92 Å². The average molecular weight is 368 g/mol. The van der Waals surface area contributed by atoms with Gasteiger partial charge in [0.05, 0.1) is 18.5 Å². The Kier molecular flexibility index (Phi) is 5.46. The van der Waals surface area contributed by atoms with Crippen LogP contribution in [0, 0.1) is 0 Å². The standard InChI is InChI=1S/C19H20N4O4/c1-4-26-27-13(2)10-11-23-18(24)16-17(22(3)19(23)25)20-12-15(21-16)14-8-6-5-7-9-14/h5-9,12H,2,4,10-11H2,1,3H3. The Hall–Kier alpha value is -3.26. The van der Waals surface area contributed by atoms with Gasteiger partial charge in [-0.3, -0.25) is 13.9 Å². The molecule has 0 atom stereocenters. The second-order valence-corrected chi connectivity index (χ2v) is 5.87. The van der Waals surface area contributed by atoms with Gasteiger partial charge >= 0.3 is 5.69 Å². The molecule has 0 aliphatic carbocycles. The molecule has 2 aromatic heterocycles. The summed E-state index contributed by atoms with van der Waals surface area (Å²) in [5.74, 6) is 0.329. The number of rotatable bonds is 7. The number of aromatic nitrogens is 4. The van der Waals surface area contributed by atoms with Crippen molar-refractivity contribution >= 4 is 11.2 Å². The first-order valence-corrected chi connectivity index (χ1v) is 8.52. The lowest BCUT2D eigenvalue weighted by molar-refractivity contribution is -0.259. The first-order valence-electron chi connectivity index (χ1n) is 8.52. The van der Waals surface area contributed by atoms with E-state index in [-0.39, 0.29) is 24.1 Å². The molecule has 0 unspecified atom stereocenters. The van der Waals surface area contributed by atoms with Crippen molar-refractivity contribution in [1.29, 1.82) is 0 Å². The second-order valence-electron chi connectivity index (χ2n) is 5.87. The van der Waals surface area contributed by atoms with E-state index in [4.69, 9.17) is 9.78 Å². The van der Waals surface area contributed by atoms with Gasteiger partial charge in [-0.25, -0.2) is 14.8 Å². The van der Waals surface area contributed by atoms with Crippen molar-refractivity contribution < 1.29 is 9.78 Å². The minimum absolute atomic E-state index is 0.102. The van der Waals surface area contributed by atoms with Crippen LogP contribution in [0.1, 0.15) is 13.3 Å². The van der Waals surface area contributed by atoms with Gasteiger partial charge in [0.2, 0.25) is 0 Å². The van der Waals surface area contributed by atoms with Gasteiger partial charge in [-0.15, -0.1) is 0 Å². The third kappa shape index (κ3) is 3.80. The Morgan fingerprint density at radius 2 is 1.96 bits per heavy atom. The Morgan fingerprint density at radius 1 is 1.22 bits per heavy atom. The van der Waals surface area contributed by atoms with Crippen LogP contribution in [-0.4, -0.2) is 25.7 Å². The van der Waals surface area contributed by atoms with E-state index in [2.05, 4.69) is 16.5 Å². The maximum Gasteiger partial charge on any atom is 0.332 e. The first-order chi connectivity index (χ1) is 13.0. The third-order valence-electron chi connectivity index (χ3n) is 4.01. The summed E-state index contributed by atoms with van der Waals surface area (Å²) < 4.78 is 2.41. The van der Waals surface area contributed by atoms with Crippen molar-refractivity contribution in [3.8, 4) is 11.3 Å². The van der Waals surface area contributed by atoms with Gasteiger partial charge in [-0.2, -0.15) is 4.89 Å². The summed E-state index contributed by atoms with van der Waals surface area (Å²) in [6.45, 7) is 5.95. The number of hydrogen-bond donors (Lipinski definition) is 0. The van der Waals surface area contributed by atoms with E-state index in [9.17, 15) is 9.59 Å². The van der Waals surface area contributed by atoms with Crippen molar-refractivity contribution in [3.05, 3.63) is 69.7 Å². The van der Waals surface area contributed by atoms with Crippen LogP contribution in [0.4, 0.5) is 0 Å². The molecule has 8 nitrogen and oxygen atoms in total. The summed E-state index contributed by atoms with van der Waals surface area (Å²) in [6.07, 6.45) is 1.81. The molecule has 0 radical (unpaired) electrons. The molecular formula is C19H20N4O4. The molecule has 1 aromatic carbocycles. The zero-order valence-corrected chi connectivity index (χ0v) is 15.2. The summed E-state index contributed by atoms with van der Waals surface area (Å²) in [5.41, 5.74) is 0.806. The van der Waals surface area contributed by atoms with Crippen molar-refractivity contribution in [2.45, 2.75) is 19.9 Å². The van der Waals surface area contributed by atoms with Crippen LogP contribution in [0.15, 0.2) is 58.5 Å². The smallest absolute Gasteiger partial charge is 0.332 e. The molecular weight excluding hydrogens is 348 g/mol. The Labute approximate surface area is 155 Å². The van der Waals surface area contributed by atoms with Gasteiger partial charge in [0, 0.05) is 25.6 Å². The van der Waals surface area contributed by atoms with E-state index in [0.717, 1.165) is 10.1 Å². The van der Waals surface area contributed by atoms with Crippen molar-refractivity contribution in [3.63, 3.8) is 0 Å². The highest BCUT2D eigenvalue weighted by atomic mass is 17.2. The molecule has 0 bridgehead atoms. The molecule has 2 heterocycles. The highest BCUT2D eigenvalue weighted by Crippen LogP contribution is 2.16. The molecule has 0 N–H and O–H groups in total. The largest absolute Gasteiger partial charge is 0.343 e. The summed E-state index contributed by atoms with van der Waals surface area (Å²) in [5, 5.41) is 0. The Morgan fingerprint density at radius 3 is 2.67 bits per heavy atom. The monoisotopic (exact) mass is 368 g/mol. The minimum atomic E-state index is -0.498. The van der Waals surface area contributed by atoms with Crippen molar-refractivity contribution in [1.82, 2.24) is 19.1 Å². The zero-order chi connectivity index (χ0) is 19.4. The summed E-state index contributed by atoms with van der Waals surface area (Å²) in [7, 11) is 1.56. The molecule has 0 saturated carbocycles. The van der Waals surface area contributed by atoms with E-state index in [0.29, 0.717) is 18.1 Å². The predicted octanol–water partition coefficient (Wildman–Crippen LogP) is 2.03. The maximum absolute atomic E-state index is 12.9. The number of hydrogen-bond acceptors (Lipinski definition) is 6. The van der Waals surface area contributed by atoms with Crippen LogP contribution in [0.25, 0.3) is 22.4 Å². The molecule has 0 aliphatic heterocycles. The normalized spacial score (nSPS) is 10.9. The van der Waals surface area contributed by atoms with E-state index in [1.807, 2.05) is 30.3 Å². The first kappa shape index (κ1) is 18.5. The van der Waals surface area contributed by atoms with Crippen LogP contribution >= 0.6 is 0 Å². The number of benzene rings is 1. The highest BCUT2D eigenvalue weighted by molar-refractivity contribution is 5.73. The molecule has 0 aliphatic rings. The fraction of sp³-hybridized carbons (Fsp3) is 0.263.